The topological polar surface area (TPSA) is 34.9 Å². The van der Waals surface area contributed by atoms with Gasteiger partial charge in [-0.3, -0.25) is 9.48 Å². The molecule has 0 fully saturated rings. The number of ketones is 1. The fourth-order valence-electron chi connectivity index (χ4n) is 1.61. The zero-order valence-corrected chi connectivity index (χ0v) is 9.42. The van der Waals surface area contributed by atoms with Crippen LogP contribution in [-0.2, 0) is 0 Å². The van der Waals surface area contributed by atoms with Gasteiger partial charge in [0.2, 0.25) is 0 Å². The molecule has 0 aliphatic rings. The van der Waals surface area contributed by atoms with Crippen LogP contribution in [0.3, 0.4) is 0 Å². The minimum Gasteiger partial charge on any atom is -0.292 e. The summed E-state index contributed by atoms with van der Waals surface area (Å²) in [5.74, 6) is 0.0868. The highest BCUT2D eigenvalue weighted by molar-refractivity contribution is 5.98. The maximum atomic E-state index is 12.1. The van der Waals surface area contributed by atoms with Crippen molar-refractivity contribution < 1.29 is 4.79 Å². The average molecular weight is 214 g/mol. The zero-order chi connectivity index (χ0) is 11.5. The SMILES string of the molecule is Cc1cnn(C(C)C(=O)c2ccccc2)c1. The number of aromatic nitrogens is 2. The Bertz CT molecular complexity index is 488. The number of hydrogen-bond donors (Lipinski definition) is 0. The predicted molar refractivity (Wildman–Crippen MR) is 62.4 cm³/mol. The minimum absolute atomic E-state index is 0.0868. The van der Waals surface area contributed by atoms with Gasteiger partial charge in [0, 0.05) is 11.8 Å². The Balaban J connectivity index is 2.23. The Labute approximate surface area is 94.7 Å². The first-order valence-electron chi connectivity index (χ1n) is 5.28. The van der Waals surface area contributed by atoms with E-state index in [1.165, 1.54) is 0 Å². The van der Waals surface area contributed by atoms with Crippen LogP contribution < -0.4 is 0 Å². The van der Waals surface area contributed by atoms with E-state index in [4.69, 9.17) is 0 Å². The van der Waals surface area contributed by atoms with E-state index in [9.17, 15) is 4.79 Å². The number of carbonyl (C=O) groups excluding carboxylic acids is 1. The van der Waals surface area contributed by atoms with Gasteiger partial charge in [-0.25, -0.2) is 0 Å². The summed E-state index contributed by atoms with van der Waals surface area (Å²) in [6, 6.07) is 9.04. The molecule has 0 bridgehead atoms. The number of aryl methyl sites for hydroxylation is 1. The molecule has 0 saturated heterocycles. The van der Waals surface area contributed by atoms with Gasteiger partial charge in [0.1, 0.15) is 6.04 Å². The molecular formula is C13H14N2O. The van der Waals surface area contributed by atoms with E-state index in [0.29, 0.717) is 0 Å². The van der Waals surface area contributed by atoms with Crippen molar-refractivity contribution in [1.29, 1.82) is 0 Å². The summed E-state index contributed by atoms with van der Waals surface area (Å²) in [6.07, 6.45) is 3.64. The van der Waals surface area contributed by atoms with E-state index in [0.717, 1.165) is 11.1 Å². The van der Waals surface area contributed by atoms with Gasteiger partial charge in [-0.2, -0.15) is 5.10 Å². The maximum Gasteiger partial charge on any atom is 0.187 e. The molecular weight excluding hydrogens is 200 g/mol. The van der Waals surface area contributed by atoms with Crippen LogP contribution in [0.1, 0.15) is 28.9 Å². The largest absolute Gasteiger partial charge is 0.292 e. The van der Waals surface area contributed by atoms with E-state index in [2.05, 4.69) is 5.10 Å². The normalized spacial score (nSPS) is 12.4. The van der Waals surface area contributed by atoms with Crippen LogP contribution in [0, 0.1) is 6.92 Å². The quantitative estimate of drug-likeness (QED) is 0.736. The summed E-state index contributed by atoms with van der Waals surface area (Å²) >= 11 is 0. The van der Waals surface area contributed by atoms with E-state index in [1.807, 2.05) is 50.4 Å². The van der Waals surface area contributed by atoms with Crippen LogP contribution >= 0.6 is 0 Å². The fraction of sp³-hybridized carbons (Fsp3) is 0.231. The molecule has 3 heteroatoms. The van der Waals surface area contributed by atoms with Gasteiger partial charge >= 0.3 is 0 Å². The molecule has 1 heterocycles. The van der Waals surface area contributed by atoms with Gasteiger partial charge in [-0.05, 0) is 19.4 Å². The number of carbonyl (C=O) groups is 1. The lowest BCUT2D eigenvalue weighted by atomic mass is 10.1. The van der Waals surface area contributed by atoms with Crippen LogP contribution in [0.4, 0.5) is 0 Å². The first-order chi connectivity index (χ1) is 7.68. The smallest absolute Gasteiger partial charge is 0.187 e. The second-order valence-electron chi connectivity index (χ2n) is 3.90. The molecule has 16 heavy (non-hydrogen) atoms. The molecule has 0 radical (unpaired) electrons. The summed E-state index contributed by atoms with van der Waals surface area (Å²) in [5.41, 5.74) is 1.79. The van der Waals surface area contributed by atoms with Gasteiger partial charge in [0.15, 0.2) is 5.78 Å². The Hall–Kier alpha value is -1.90. The molecule has 0 aliphatic carbocycles. The van der Waals surface area contributed by atoms with E-state index < -0.39 is 0 Å². The third-order valence-corrected chi connectivity index (χ3v) is 2.57. The Kier molecular flexibility index (Phi) is 2.86. The standard InChI is InChI=1S/C13H14N2O/c1-10-8-14-15(9-10)11(2)13(16)12-6-4-3-5-7-12/h3-9,11H,1-2H3. The Morgan fingerprint density at radius 3 is 2.56 bits per heavy atom. The molecule has 1 atom stereocenters. The van der Waals surface area contributed by atoms with Crippen molar-refractivity contribution >= 4 is 5.78 Å². The maximum absolute atomic E-state index is 12.1. The van der Waals surface area contributed by atoms with Gasteiger partial charge < -0.3 is 0 Å². The monoisotopic (exact) mass is 214 g/mol. The lowest BCUT2D eigenvalue weighted by Gasteiger charge is -2.10. The van der Waals surface area contributed by atoms with Crippen LogP contribution in [-0.4, -0.2) is 15.6 Å². The first kappa shape index (κ1) is 10.6. The lowest BCUT2D eigenvalue weighted by molar-refractivity contribution is 0.0928. The lowest BCUT2D eigenvalue weighted by Crippen LogP contribution is -2.16. The zero-order valence-electron chi connectivity index (χ0n) is 9.42. The highest BCUT2D eigenvalue weighted by Gasteiger charge is 2.16. The predicted octanol–water partition coefficient (Wildman–Crippen LogP) is 2.64. The van der Waals surface area contributed by atoms with Crippen LogP contribution in [0.2, 0.25) is 0 Å². The van der Waals surface area contributed by atoms with Crippen molar-refractivity contribution in [2.24, 2.45) is 0 Å². The van der Waals surface area contributed by atoms with E-state index >= 15 is 0 Å². The first-order valence-corrected chi connectivity index (χ1v) is 5.28. The second kappa shape index (κ2) is 4.31. The van der Waals surface area contributed by atoms with Crippen molar-refractivity contribution in [2.75, 3.05) is 0 Å². The van der Waals surface area contributed by atoms with E-state index in [1.54, 1.807) is 10.9 Å². The van der Waals surface area contributed by atoms with Crippen molar-refractivity contribution in [3.8, 4) is 0 Å². The number of nitrogens with zero attached hydrogens (tertiary/aromatic N) is 2. The molecule has 2 aromatic rings. The molecule has 0 spiro atoms. The molecule has 1 aromatic heterocycles. The molecule has 1 unspecified atom stereocenters. The summed E-state index contributed by atoms with van der Waals surface area (Å²) < 4.78 is 1.70. The highest BCUT2D eigenvalue weighted by atomic mass is 16.1. The third-order valence-electron chi connectivity index (χ3n) is 2.57. The van der Waals surface area contributed by atoms with Crippen molar-refractivity contribution in [3.05, 3.63) is 53.9 Å². The van der Waals surface area contributed by atoms with Crippen LogP contribution in [0.25, 0.3) is 0 Å². The van der Waals surface area contributed by atoms with E-state index in [-0.39, 0.29) is 11.8 Å². The van der Waals surface area contributed by atoms with Crippen molar-refractivity contribution in [3.63, 3.8) is 0 Å². The van der Waals surface area contributed by atoms with Crippen molar-refractivity contribution in [2.45, 2.75) is 19.9 Å². The molecule has 0 amide bonds. The minimum atomic E-state index is -0.254. The number of hydrogen-bond acceptors (Lipinski definition) is 2. The molecule has 0 aliphatic heterocycles. The fourth-order valence-corrected chi connectivity index (χ4v) is 1.61. The molecule has 0 saturated carbocycles. The second-order valence-corrected chi connectivity index (χ2v) is 3.90. The van der Waals surface area contributed by atoms with Gasteiger partial charge in [-0.1, -0.05) is 30.3 Å². The molecule has 0 N–H and O–H groups in total. The van der Waals surface area contributed by atoms with Crippen LogP contribution in [0.15, 0.2) is 42.7 Å². The van der Waals surface area contributed by atoms with Crippen molar-refractivity contribution in [1.82, 2.24) is 9.78 Å². The van der Waals surface area contributed by atoms with Gasteiger partial charge in [-0.15, -0.1) is 0 Å². The molecule has 1 aromatic carbocycles. The summed E-state index contributed by atoms with van der Waals surface area (Å²) in [6.45, 7) is 3.82. The van der Waals surface area contributed by atoms with Crippen LogP contribution in [0.5, 0.6) is 0 Å². The number of Topliss-reactive ketones (excluding diaryl/α,β-unsaturated/α-hetero) is 1. The van der Waals surface area contributed by atoms with Gasteiger partial charge in [0.25, 0.3) is 0 Å². The molecule has 2 rings (SSSR count). The Morgan fingerprint density at radius 1 is 1.31 bits per heavy atom. The van der Waals surface area contributed by atoms with Gasteiger partial charge in [0.05, 0.1) is 6.20 Å². The number of benzene rings is 1. The third kappa shape index (κ3) is 2.03. The molecule has 82 valence electrons. The highest BCUT2D eigenvalue weighted by Crippen LogP contribution is 2.13. The summed E-state index contributed by atoms with van der Waals surface area (Å²) in [5, 5.41) is 4.16. The average Bonchev–Trinajstić information content (AvgIpc) is 2.75. The Morgan fingerprint density at radius 2 is 2.00 bits per heavy atom. The molecule has 3 nitrogen and oxygen atoms in total. The summed E-state index contributed by atoms with van der Waals surface area (Å²) in [7, 11) is 0. The number of rotatable bonds is 3. The summed E-state index contributed by atoms with van der Waals surface area (Å²) in [4.78, 5) is 12.1.